The van der Waals surface area contributed by atoms with E-state index in [1.54, 1.807) is 6.92 Å². The summed E-state index contributed by atoms with van der Waals surface area (Å²) in [5.74, 6) is -2.19. The fraction of sp³-hybridized carbons (Fsp3) is 0.571. The Morgan fingerprint density at radius 2 is 1.23 bits per heavy atom. The summed E-state index contributed by atoms with van der Waals surface area (Å²) in [6.45, 7) is 5.62. The predicted molar refractivity (Wildman–Crippen MR) is 158 cm³/mol. The lowest BCUT2D eigenvalue weighted by Crippen LogP contribution is -2.56. The van der Waals surface area contributed by atoms with E-state index in [-0.39, 0.29) is 11.8 Å². The average Bonchev–Trinajstić information content (AvgIpc) is 2.88. The molecule has 0 saturated carbocycles. The second-order valence-corrected chi connectivity index (χ2v) is 10.4. The van der Waals surface area contributed by atoms with E-state index < -0.39 is 35.8 Å². The molecule has 0 unspecified atom stereocenters. The van der Waals surface area contributed by atoms with Gasteiger partial charge in [0.2, 0.25) is 29.5 Å². The average molecular weight is 577 g/mol. The molecule has 7 N–H and O–H groups in total. The minimum absolute atomic E-state index is 0.143. The molecule has 0 aliphatic carbocycles. The van der Waals surface area contributed by atoms with Crippen LogP contribution < -0.4 is 32.3 Å². The van der Waals surface area contributed by atoms with Crippen LogP contribution >= 0.6 is 12.2 Å². The van der Waals surface area contributed by atoms with Crippen molar-refractivity contribution >= 4 is 46.7 Å². The number of thiocarbonyl (C=S) groups is 1. The van der Waals surface area contributed by atoms with Gasteiger partial charge in [-0.2, -0.15) is 0 Å². The maximum Gasteiger partial charge on any atom is 0.243 e. The van der Waals surface area contributed by atoms with Crippen molar-refractivity contribution in [3.63, 3.8) is 0 Å². The van der Waals surface area contributed by atoms with Crippen molar-refractivity contribution in [3.05, 3.63) is 35.9 Å². The van der Waals surface area contributed by atoms with Gasteiger partial charge in [0.15, 0.2) is 0 Å². The molecule has 0 spiro atoms. The summed E-state index contributed by atoms with van der Waals surface area (Å²) >= 11 is 5.02. The van der Waals surface area contributed by atoms with Crippen molar-refractivity contribution in [3.8, 4) is 0 Å². The number of benzene rings is 1. The molecule has 222 valence electrons. The van der Waals surface area contributed by atoms with E-state index in [1.807, 2.05) is 30.3 Å². The molecule has 0 bridgehead atoms. The number of nitrogens with two attached hydrogens (primary N) is 1. The molecule has 3 atom stereocenters. The number of carbonyl (C=O) groups is 5. The van der Waals surface area contributed by atoms with Gasteiger partial charge in [0.1, 0.15) is 18.1 Å². The van der Waals surface area contributed by atoms with Crippen molar-refractivity contribution < 1.29 is 24.0 Å². The van der Waals surface area contributed by atoms with Crippen LogP contribution in [0.25, 0.3) is 0 Å². The maximum atomic E-state index is 13.3. The van der Waals surface area contributed by atoms with Crippen LogP contribution in [0.3, 0.4) is 0 Å². The Balaban J connectivity index is 2.89. The summed E-state index contributed by atoms with van der Waals surface area (Å²) in [6.07, 6.45) is 3.99. The minimum atomic E-state index is -0.935. The predicted octanol–water partition coefficient (Wildman–Crippen LogP) is 0.992. The van der Waals surface area contributed by atoms with E-state index in [9.17, 15) is 24.0 Å². The van der Waals surface area contributed by atoms with Gasteiger partial charge in [-0.05, 0) is 63.9 Å². The molecule has 0 fully saturated rings. The van der Waals surface area contributed by atoms with Gasteiger partial charge in [-0.25, -0.2) is 0 Å². The van der Waals surface area contributed by atoms with Crippen molar-refractivity contribution in [1.82, 2.24) is 26.6 Å². The van der Waals surface area contributed by atoms with Crippen LogP contribution in [0.15, 0.2) is 30.3 Å². The summed E-state index contributed by atoms with van der Waals surface area (Å²) in [5, 5.41) is 13.9. The monoisotopic (exact) mass is 576 g/mol. The zero-order chi connectivity index (χ0) is 29.9. The van der Waals surface area contributed by atoms with Gasteiger partial charge in [-0.15, -0.1) is 0 Å². The number of amides is 5. The maximum absolute atomic E-state index is 13.3. The molecule has 0 aromatic heterocycles. The second-order valence-electron chi connectivity index (χ2n) is 9.76. The number of aryl methyl sites for hydroxylation is 1. The van der Waals surface area contributed by atoms with Gasteiger partial charge < -0.3 is 32.3 Å². The van der Waals surface area contributed by atoms with Crippen LogP contribution in [0.4, 0.5) is 0 Å². The van der Waals surface area contributed by atoms with Crippen LogP contribution in [0, 0.1) is 0 Å². The Hall–Kier alpha value is -3.54. The summed E-state index contributed by atoms with van der Waals surface area (Å²) in [5.41, 5.74) is 6.55. The first-order valence-electron chi connectivity index (χ1n) is 13.7. The van der Waals surface area contributed by atoms with Crippen molar-refractivity contribution in [2.75, 3.05) is 13.1 Å². The van der Waals surface area contributed by atoms with E-state index in [1.165, 1.54) is 13.8 Å². The minimum Gasteiger partial charge on any atom is -0.380 e. The summed E-state index contributed by atoms with van der Waals surface area (Å²) in [7, 11) is 0. The number of hydrogen-bond acceptors (Lipinski definition) is 6. The zero-order valence-corrected chi connectivity index (χ0v) is 24.5. The van der Waals surface area contributed by atoms with Crippen molar-refractivity contribution in [2.24, 2.45) is 5.73 Å². The molecule has 0 aliphatic rings. The molecule has 12 heteroatoms. The lowest BCUT2D eigenvalue weighted by atomic mass is 10.0. The molecule has 0 heterocycles. The summed E-state index contributed by atoms with van der Waals surface area (Å²) in [6, 6.07) is 6.88. The normalized spacial score (nSPS) is 12.8. The van der Waals surface area contributed by atoms with Crippen molar-refractivity contribution in [2.45, 2.75) is 90.3 Å². The third-order valence-corrected chi connectivity index (χ3v) is 6.28. The third-order valence-electron chi connectivity index (χ3n) is 6.14. The summed E-state index contributed by atoms with van der Waals surface area (Å²) in [4.78, 5) is 62.1. The zero-order valence-electron chi connectivity index (χ0n) is 23.7. The first-order chi connectivity index (χ1) is 19.0. The molecular weight excluding hydrogens is 532 g/mol. The Morgan fingerprint density at radius 3 is 1.75 bits per heavy atom. The number of unbranched alkanes of at least 4 members (excludes halogenated alkanes) is 2. The van der Waals surface area contributed by atoms with Gasteiger partial charge in [-0.1, -0.05) is 42.5 Å². The molecule has 11 nitrogen and oxygen atoms in total. The largest absolute Gasteiger partial charge is 0.380 e. The van der Waals surface area contributed by atoms with Crippen molar-refractivity contribution in [1.29, 1.82) is 0 Å². The number of carbonyl (C=O) groups excluding carboxylic acids is 5. The Morgan fingerprint density at radius 1 is 0.700 bits per heavy atom. The van der Waals surface area contributed by atoms with E-state index >= 15 is 0 Å². The number of hydrogen-bond donors (Lipinski definition) is 6. The lowest BCUT2D eigenvalue weighted by molar-refractivity contribution is -0.133. The Kier molecular flexibility index (Phi) is 16.8. The van der Waals surface area contributed by atoms with Crippen LogP contribution in [-0.4, -0.2) is 65.7 Å². The lowest BCUT2D eigenvalue weighted by Gasteiger charge is -2.25. The van der Waals surface area contributed by atoms with E-state index in [2.05, 4.69) is 26.6 Å². The van der Waals surface area contributed by atoms with Gasteiger partial charge in [0, 0.05) is 26.9 Å². The number of primary amides is 1. The first kappa shape index (κ1) is 34.5. The third kappa shape index (κ3) is 15.8. The number of rotatable bonds is 19. The van der Waals surface area contributed by atoms with Crippen LogP contribution in [0.5, 0.6) is 0 Å². The quantitative estimate of drug-likeness (QED) is 0.105. The standard InChI is InChI=1S/C28H44N6O5S/c1-19(35)30-17-9-7-13-23(26(29)37)33-27(38)24(14-8-10-18-31-21(3)40)34-28(39)25(32-20(2)36)16-15-22-11-5-4-6-12-22/h4-6,11-12,23-25H,7-10,13-18H2,1-3H3,(H2,29,37)(H,30,35)(H,31,40)(H,32,36)(H,33,38)(H,34,39)/t23-,24-,25-/m0/s1. The highest BCUT2D eigenvalue weighted by Gasteiger charge is 2.28. The molecule has 0 saturated heterocycles. The molecular formula is C28H44N6O5S. The molecule has 5 amide bonds. The smallest absolute Gasteiger partial charge is 0.243 e. The number of nitrogens with one attached hydrogen (secondary N) is 5. The fourth-order valence-electron chi connectivity index (χ4n) is 4.04. The second kappa shape index (κ2) is 19.5. The van der Waals surface area contributed by atoms with Gasteiger partial charge in [-0.3, -0.25) is 24.0 Å². The highest BCUT2D eigenvalue weighted by Crippen LogP contribution is 2.09. The van der Waals surface area contributed by atoms with Crippen LogP contribution in [0.2, 0.25) is 0 Å². The molecule has 0 radical (unpaired) electrons. The molecule has 1 rings (SSSR count). The molecule has 40 heavy (non-hydrogen) atoms. The first-order valence-corrected chi connectivity index (χ1v) is 14.1. The topological polar surface area (TPSA) is 172 Å². The van der Waals surface area contributed by atoms with E-state index in [4.69, 9.17) is 18.0 Å². The Bertz CT molecular complexity index is 991. The van der Waals surface area contributed by atoms with E-state index in [0.717, 1.165) is 5.56 Å². The van der Waals surface area contributed by atoms with Crippen LogP contribution in [0.1, 0.15) is 71.3 Å². The Labute approximate surface area is 242 Å². The van der Waals surface area contributed by atoms with Gasteiger partial charge in [0.25, 0.3) is 0 Å². The SMILES string of the molecule is CC(=O)NCCCC[C@H](NC(=O)[C@H](CCCCNC(C)=S)NC(=O)[C@H](CCc1ccccc1)NC(C)=O)C(N)=O. The van der Waals surface area contributed by atoms with Gasteiger partial charge >= 0.3 is 0 Å². The molecule has 1 aromatic rings. The fourth-order valence-corrected chi connectivity index (χ4v) is 4.15. The molecule has 1 aromatic carbocycles. The highest BCUT2D eigenvalue weighted by molar-refractivity contribution is 7.80. The molecule has 0 aliphatic heterocycles. The van der Waals surface area contributed by atoms with Gasteiger partial charge in [0.05, 0.1) is 4.99 Å². The van der Waals surface area contributed by atoms with Crippen LogP contribution in [-0.2, 0) is 30.4 Å². The van der Waals surface area contributed by atoms with E-state index in [0.29, 0.717) is 69.4 Å². The highest BCUT2D eigenvalue weighted by atomic mass is 32.1. The summed E-state index contributed by atoms with van der Waals surface area (Å²) < 4.78 is 0.